The Morgan fingerprint density at radius 1 is 1.40 bits per heavy atom. The van der Waals surface area contributed by atoms with Gasteiger partial charge >= 0.3 is 0 Å². The number of halogens is 1. The Kier molecular flexibility index (Phi) is 5.55. The van der Waals surface area contributed by atoms with E-state index in [1.54, 1.807) is 12.1 Å². The van der Waals surface area contributed by atoms with Crippen LogP contribution in [-0.4, -0.2) is 30.1 Å². The second-order valence-corrected chi connectivity index (χ2v) is 5.95. The second-order valence-electron chi connectivity index (χ2n) is 5.95. The van der Waals surface area contributed by atoms with Crippen molar-refractivity contribution in [3.05, 3.63) is 35.1 Å². The highest BCUT2D eigenvalue weighted by atomic mass is 19.1. The number of aryl methyl sites for hydroxylation is 1. The first kappa shape index (κ1) is 15.5. The normalized spacial score (nSPS) is 21.9. The molecular weight excluding hydrogens is 251 g/mol. The van der Waals surface area contributed by atoms with Gasteiger partial charge in [0.15, 0.2) is 0 Å². The standard InChI is InChI=1S/C17H27FN2/c1-4-19-14(3)17-7-5-6-10-20(17)12-15-11-16(18)9-8-13(15)2/h8-9,11,14,17,19H,4-7,10,12H2,1-3H3. The van der Waals surface area contributed by atoms with Crippen LogP contribution in [0.5, 0.6) is 0 Å². The molecule has 1 fully saturated rings. The molecule has 1 aromatic rings. The van der Waals surface area contributed by atoms with Crippen LogP contribution in [0, 0.1) is 12.7 Å². The Balaban J connectivity index is 2.10. The van der Waals surface area contributed by atoms with Gasteiger partial charge in [-0.1, -0.05) is 19.4 Å². The predicted molar refractivity (Wildman–Crippen MR) is 82.3 cm³/mol. The summed E-state index contributed by atoms with van der Waals surface area (Å²) < 4.78 is 13.4. The van der Waals surface area contributed by atoms with Crippen LogP contribution in [-0.2, 0) is 6.54 Å². The number of benzene rings is 1. The summed E-state index contributed by atoms with van der Waals surface area (Å²) in [7, 11) is 0. The van der Waals surface area contributed by atoms with E-state index in [-0.39, 0.29) is 5.82 Å². The summed E-state index contributed by atoms with van der Waals surface area (Å²) in [5.74, 6) is -0.126. The van der Waals surface area contributed by atoms with Crippen molar-refractivity contribution in [3.8, 4) is 0 Å². The molecular formula is C17H27FN2. The Hall–Kier alpha value is -0.930. The molecule has 1 heterocycles. The third-order valence-electron chi connectivity index (χ3n) is 4.45. The molecule has 0 aliphatic carbocycles. The zero-order valence-electron chi connectivity index (χ0n) is 13.0. The molecule has 1 N–H and O–H groups in total. The van der Waals surface area contributed by atoms with E-state index in [0.29, 0.717) is 12.1 Å². The van der Waals surface area contributed by atoms with Gasteiger partial charge in [-0.25, -0.2) is 4.39 Å². The molecule has 2 unspecified atom stereocenters. The highest BCUT2D eigenvalue weighted by Gasteiger charge is 2.27. The molecule has 2 rings (SSSR count). The Morgan fingerprint density at radius 3 is 2.95 bits per heavy atom. The highest BCUT2D eigenvalue weighted by molar-refractivity contribution is 5.26. The van der Waals surface area contributed by atoms with Gasteiger partial charge in [-0.15, -0.1) is 0 Å². The van der Waals surface area contributed by atoms with Crippen molar-refractivity contribution in [2.75, 3.05) is 13.1 Å². The minimum absolute atomic E-state index is 0.126. The third kappa shape index (κ3) is 3.80. The Morgan fingerprint density at radius 2 is 2.20 bits per heavy atom. The fourth-order valence-electron chi connectivity index (χ4n) is 3.27. The van der Waals surface area contributed by atoms with Crippen molar-refractivity contribution in [3.63, 3.8) is 0 Å². The summed E-state index contributed by atoms with van der Waals surface area (Å²) in [5.41, 5.74) is 2.31. The summed E-state index contributed by atoms with van der Waals surface area (Å²) in [4.78, 5) is 2.53. The zero-order chi connectivity index (χ0) is 14.5. The molecule has 0 spiro atoms. The van der Waals surface area contributed by atoms with E-state index in [1.807, 2.05) is 6.07 Å². The Bertz CT molecular complexity index is 433. The summed E-state index contributed by atoms with van der Waals surface area (Å²) in [6.07, 6.45) is 3.80. The lowest BCUT2D eigenvalue weighted by Gasteiger charge is -2.39. The van der Waals surface area contributed by atoms with Gasteiger partial charge in [0.1, 0.15) is 5.82 Å². The van der Waals surface area contributed by atoms with Gasteiger partial charge in [-0.2, -0.15) is 0 Å². The van der Waals surface area contributed by atoms with Gasteiger partial charge in [0.2, 0.25) is 0 Å². The quantitative estimate of drug-likeness (QED) is 0.887. The molecule has 0 bridgehead atoms. The SMILES string of the molecule is CCNC(C)C1CCCCN1Cc1cc(F)ccc1C. The van der Waals surface area contributed by atoms with E-state index in [0.717, 1.165) is 25.2 Å². The average molecular weight is 278 g/mol. The third-order valence-corrected chi connectivity index (χ3v) is 4.45. The largest absolute Gasteiger partial charge is 0.313 e. The molecule has 112 valence electrons. The van der Waals surface area contributed by atoms with Gasteiger partial charge in [-0.3, -0.25) is 4.90 Å². The summed E-state index contributed by atoms with van der Waals surface area (Å²) >= 11 is 0. The van der Waals surface area contributed by atoms with E-state index < -0.39 is 0 Å². The maximum atomic E-state index is 13.4. The molecule has 0 radical (unpaired) electrons. The lowest BCUT2D eigenvalue weighted by Crippen LogP contribution is -2.50. The van der Waals surface area contributed by atoms with Crippen LogP contribution in [0.3, 0.4) is 0 Å². The first-order valence-corrected chi connectivity index (χ1v) is 7.84. The van der Waals surface area contributed by atoms with Gasteiger partial charge in [-0.05, 0) is 63.0 Å². The van der Waals surface area contributed by atoms with Gasteiger partial charge in [0.05, 0.1) is 0 Å². The van der Waals surface area contributed by atoms with Crippen molar-refractivity contribution < 1.29 is 4.39 Å². The van der Waals surface area contributed by atoms with Gasteiger partial charge < -0.3 is 5.32 Å². The highest BCUT2D eigenvalue weighted by Crippen LogP contribution is 2.23. The fraction of sp³-hybridized carbons (Fsp3) is 0.647. The zero-order valence-corrected chi connectivity index (χ0v) is 13.0. The van der Waals surface area contributed by atoms with Crippen LogP contribution in [0.2, 0.25) is 0 Å². The number of rotatable bonds is 5. The molecule has 1 saturated heterocycles. The van der Waals surface area contributed by atoms with Crippen LogP contribution in [0.15, 0.2) is 18.2 Å². The number of piperidine rings is 1. The Labute approximate surface area is 122 Å². The number of likely N-dealkylation sites (tertiary alicyclic amines) is 1. The summed E-state index contributed by atoms with van der Waals surface area (Å²) in [5, 5.41) is 3.54. The molecule has 2 nitrogen and oxygen atoms in total. The average Bonchev–Trinajstić information content (AvgIpc) is 2.44. The molecule has 0 aromatic heterocycles. The molecule has 20 heavy (non-hydrogen) atoms. The van der Waals surface area contributed by atoms with Crippen molar-refractivity contribution in [1.29, 1.82) is 0 Å². The molecule has 1 aliphatic rings. The topological polar surface area (TPSA) is 15.3 Å². The molecule has 3 heteroatoms. The van der Waals surface area contributed by atoms with E-state index in [9.17, 15) is 4.39 Å². The van der Waals surface area contributed by atoms with Crippen LogP contribution >= 0.6 is 0 Å². The summed E-state index contributed by atoms with van der Waals surface area (Å²) in [6, 6.07) is 6.19. The lowest BCUT2D eigenvalue weighted by atomic mass is 9.95. The minimum Gasteiger partial charge on any atom is -0.313 e. The van der Waals surface area contributed by atoms with E-state index in [4.69, 9.17) is 0 Å². The first-order chi connectivity index (χ1) is 9.61. The van der Waals surface area contributed by atoms with Crippen molar-refractivity contribution >= 4 is 0 Å². The van der Waals surface area contributed by atoms with Crippen molar-refractivity contribution in [2.45, 2.75) is 58.7 Å². The van der Waals surface area contributed by atoms with Crippen LogP contribution < -0.4 is 5.32 Å². The first-order valence-electron chi connectivity index (χ1n) is 7.84. The molecule has 1 aromatic carbocycles. The minimum atomic E-state index is -0.126. The molecule has 2 atom stereocenters. The second kappa shape index (κ2) is 7.19. The maximum Gasteiger partial charge on any atom is 0.123 e. The molecule has 0 amide bonds. The summed E-state index contributed by atoms with van der Waals surface area (Å²) in [6.45, 7) is 9.48. The monoisotopic (exact) mass is 278 g/mol. The van der Waals surface area contributed by atoms with E-state index in [2.05, 4.69) is 31.0 Å². The van der Waals surface area contributed by atoms with Crippen molar-refractivity contribution in [1.82, 2.24) is 10.2 Å². The van der Waals surface area contributed by atoms with E-state index in [1.165, 1.54) is 24.8 Å². The molecule has 0 saturated carbocycles. The fourth-order valence-corrected chi connectivity index (χ4v) is 3.27. The van der Waals surface area contributed by atoms with Gasteiger partial charge in [0.25, 0.3) is 0 Å². The van der Waals surface area contributed by atoms with Crippen molar-refractivity contribution in [2.24, 2.45) is 0 Å². The number of hydrogen-bond acceptors (Lipinski definition) is 2. The lowest BCUT2D eigenvalue weighted by molar-refractivity contribution is 0.112. The number of nitrogens with one attached hydrogen (secondary N) is 1. The van der Waals surface area contributed by atoms with Crippen LogP contribution in [0.25, 0.3) is 0 Å². The molecule has 1 aliphatic heterocycles. The predicted octanol–water partition coefficient (Wildman–Crippen LogP) is 3.49. The van der Waals surface area contributed by atoms with E-state index >= 15 is 0 Å². The number of nitrogens with zero attached hydrogens (tertiary/aromatic N) is 1. The van der Waals surface area contributed by atoms with Crippen LogP contribution in [0.1, 0.15) is 44.2 Å². The van der Waals surface area contributed by atoms with Crippen LogP contribution in [0.4, 0.5) is 4.39 Å². The maximum absolute atomic E-state index is 13.4. The van der Waals surface area contributed by atoms with Gasteiger partial charge in [0, 0.05) is 18.6 Å². The number of hydrogen-bond donors (Lipinski definition) is 1. The smallest absolute Gasteiger partial charge is 0.123 e. The number of likely N-dealkylation sites (N-methyl/N-ethyl adjacent to an activating group) is 1.